The molecule has 5 aliphatic rings. The number of rotatable bonds is 4. The van der Waals surface area contributed by atoms with Crippen molar-refractivity contribution in [3.8, 4) is 11.5 Å². The van der Waals surface area contributed by atoms with Gasteiger partial charge in [-0.05, 0) is 74.3 Å². The van der Waals surface area contributed by atoms with E-state index >= 15 is 0 Å². The van der Waals surface area contributed by atoms with Crippen molar-refractivity contribution >= 4 is 5.97 Å². The summed E-state index contributed by atoms with van der Waals surface area (Å²) in [5, 5.41) is 0. The zero-order valence-electron chi connectivity index (χ0n) is 21.4. The summed E-state index contributed by atoms with van der Waals surface area (Å²) in [5.74, 6) is 3.64. The molecule has 2 saturated carbocycles. The average molecular weight is 453 g/mol. The van der Waals surface area contributed by atoms with Gasteiger partial charge in [-0.15, -0.1) is 0 Å². The van der Waals surface area contributed by atoms with Crippen LogP contribution in [0.2, 0.25) is 0 Å². The fourth-order valence-electron chi connectivity index (χ4n) is 9.00. The van der Waals surface area contributed by atoms with Crippen LogP contribution in [-0.4, -0.2) is 27.3 Å². The maximum Gasteiger partial charge on any atom is 0.311 e. The van der Waals surface area contributed by atoms with Crippen molar-refractivity contribution in [2.75, 3.05) is 21.3 Å². The van der Waals surface area contributed by atoms with E-state index in [-0.39, 0.29) is 16.8 Å². The molecule has 1 spiro atoms. The summed E-state index contributed by atoms with van der Waals surface area (Å²) in [6.45, 7) is 9.31. The second-order valence-electron chi connectivity index (χ2n) is 11.8. The second kappa shape index (κ2) is 7.52. The Bertz CT molecular complexity index is 1010. The molecule has 0 aromatic heterocycles. The third kappa shape index (κ3) is 2.79. The number of carbonyl (C=O) groups excluding carboxylic acids is 1. The fraction of sp³-hybridized carbons (Fsp3) is 0.690. The van der Waals surface area contributed by atoms with Crippen LogP contribution in [0.4, 0.5) is 0 Å². The second-order valence-corrected chi connectivity index (χ2v) is 11.8. The van der Waals surface area contributed by atoms with Crippen molar-refractivity contribution in [1.82, 2.24) is 0 Å². The van der Waals surface area contributed by atoms with Gasteiger partial charge in [0.25, 0.3) is 0 Å². The lowest BCUT2D eigenvalue weighted by Crippen LogP contribution is -2.62. The molecule has 4 heteroatoms. The summed E-state index contributed by atoms with van der Waals surface area (Å²) >= 11 is 0. The first-order chi connectivity index (χ1) is 15.7. The number of hydrogen-bond donors (Lipinski definition) is 0. The van der Waals surface area contributed by atoms with Gasteiger partial charge in [0.1, 0.15) is 11.5 Å². The van der Waals surface area contributed by atoms with Crippen LogP contribution in [0.25, 0.3) is 0 Å². The zero-order valence-corrected chi connectivity index (χ0v) is 21.4. The molecule has 6 rings (SSSR count). The van der Waals surface area contributed by atoms with E-state index in [0.29, 0.717) is 23.7 Å². The highest BCUT2D eigenvalue weighted by Gasteiger charge is 2.66. The predicted octanol–water partition coefficient (Wildman–Crippen LogP) is 6.42. The van der Waals surface area contributed by atoms with Crippen LogP contribution in [-0.2, 0) is 14.9 Å². The molecule has 0 aliphatic heterocycles. The van der Waals surface area contributed by atoms with Crippen LogP contribution in [0.5, 0.6) is 11.5 Å². The highest BCUT2D eigenvalue weighted by molar-refractivity contribution is 5.77. The van der Waals surface area contributed by atoms with Gasteiger partial charge >= 0.3 is 5.97 Å². The Morgan fingerprint density at radius 3 is 2.33 bits per heavy atom. The summed E-state index contributed by atoms with van der Waals surface area (Å²) in [7, 11) is 5.14. The number of esters is 1. The lowest BCUT2D eigenvalue weighted by atomic mass is 9.37. The number of carbonyl (C=O) groups is 1. The lowest BCUT2D eigenvalue weighted by Gasteiger charge is -2.66. The minimum atomic E-state index is -0.397. The largest absolute Gasteiger partial charge is 0.496 e. The predicted molar refractivity (Wildman–Crippen MR) is 130 cm³/mol. The first-order valence-electron chi connectivity index (χ1n) is 12.7. The topological polar surface area (TPSA) is 44.8 Å². The van der Waals surface area contributed by atoms with Gasteiger partial charge < -0.3 is 14.2 Å². The minimum Gasteiger partial charge on any atom is -0.496 e. The first-order valence-corrected chi connectivity index (χ1v) is 12.7. The normalized spacial score (nSPS) is 38.7. The molecule has 0 amide bonds. The summed E-state index contributed by atoms with van der Waals surface area (Å²) in [4.78, 5) is 13.1. The molecular weight excluding hydrogens is 412 g/mol. The van der Waals surface area contributed by atoms with Crippen molar-refractivity contribution in [3.05, 3.63) is 34.9 Å². The SMILES string of the molecule is COC(=O)[C@@]1(C)CCC[C@]2(C)[C@@H]3C[C@H]4C(C(C)C)=C[C@]3(CC[C@@H]21)c1c(OC)ccc(OC)c14. The third-order valence-corrected chi connectivity index (χ3v) is 10.3. The number of allylic oxidation sites excluding steroid dienone is 2. The summed E-state index contributed by atoms with van der Waals surface area (Å²) in [6.07, 6.45) is 9.05. The summed E-state index contributed by atoms with van der Waals surface area (Å²) in [5.41, 5.74) is 3.89. The van der Waals surface area contributed by atoms with Gasteiger partial charge in [0, 0.05) is 22.5 Å². The molecule has 1 aromatic carbocycles. The maximum atomic E-state index is 13.1. The summed E-state index contributed by atoms with van der Waals surface area (Å²) < 4.78 is 17.3. The molecule has 4 nitrogen and oxygen atoms in total. The van der Waals surface area contributed by atoms with E-state index in [9.17, 15) is 4.79 Å². The van der Waals surface area contributed by atoms with Gasteiger partial charge in [-0.3, -0.25) is 4.79 Å². The van der Waals surface area contributed by atoms with Gasteiger partial charge in [-0.2, -0.15) is 0 Å². The van der Waals surface area contributed by atoms with Gasteiger partial charge in [-0.25, -0.2) is 0 Å². The highest BCUT2D eigenvalue weighted by atomic mass is 16.5. The van der Waals surface area contributed by atoms with E-state index in [4.69, 9.17) is 14.2 Å². The Morgan fingerprint density at radius 2 is 1.70 bits per heavy atom. The Balaban J connectivity index is 1.73. The van der Waals surface area contributed by atoms with Gasteiger partial charge in [0.2, 0.25) is 0 Å². The van der Waals surface area contributed by atoms with Crippen LogP contribution in [0.3, 0.4) is 0 Å². The molecule has 1 aromatic rings. The summed E-state index contributed by atoms with van der Waals surface area (Å²) in [6, 6.07) is 4.19. The Morgan fingerprint density at radius 1 is 1.00 bits per heavy atom. The molecule has 0 N–H and O–H groups in total. The third-order valence-electron chi connectivity index (χ3n) is 10.3. The highest BCUT2D eigenvalue weighted by Crippen LogP contribution is 2.73. The molecule has 2 bridgehead atoms. The number of ether oxygens (including phenoxy) is 3. The van der Waals surface area contributed by atoms with Crippen LogP contribution < -0.4 is 9.47 Å². The maximum absolute atomic E-state index is 13.1. The van der Waals surface area contributed by atoms with E-state index in [1.54, 1.807) is 26.9 Å². The molecule has 2 fully saturated rings. The van der Waals surface area contributed by atoms with Gasteiger partial charge in [0.05, 0.1) is 26.7 Å². The Kier molecular flexibility index (Phi) is 5.19. The van der Waals surface area contributed by atoms with Gasteiger partial charge in [0.15, 0.2) is 0 Å². The number of methoxy groups -OCH3 is 3. The Hall–Kier alpha value is -1.97. The Labute approximate surface area is 199 Å². The molecule has 6 atom stereocenters. The number of hydrogen-bond acceptors (Lipinski definition) is 4. The van der Waals surface area contributed by atoms with Crippen molar-refractivity contribution in [1.29, 1.82) is 0 Å². The molecule has 180 valence electrons. The van der Waals surface area contributed by atoms with E-state index in [1.807, 2.05) is 0 Å². The quantitative estimate of drug-likeness (QED) is 0.390. The standard InChI is InChI=1S/C29H40O4/c1-17(2)19-16-29-14-11-22-27(3,12-8-13-28(22,4)26(30)33-7)23(29)15-18(19)24-20(31-5)9-10-21(32-6)25(24)29/h9-10,16-18,22-23H,8,11-15H2,1-7H3/t18-,22-,23-,27-,28-,29-/m0/s1. The van der Waals surface area contributed by atoms with Crippen molar-refractivity contribution in [2.24, 2.45) is 28.6 Å². The van der Waals surface area contributed by atoms with Crippen LogP contribution in [0.1, 0.15) is 83.3 Å². The first kappa shape index (κ1) is 22.8. The average Bonchev–Trinajstić information content (AvgIpc) is 2.82. The zero-order chi connectivity index (χ0) is 23.8. The molecule has 0 unspecified atom stereocenters. The van der Waals surface area contributed by atoms with Crippen LogP contribution >= 0.6 is 0 Å². The lowest BCUT2D eigenvalue weighted by molar-refractivity contribution is -0.175. The van der Waals surface area contributed by atoms with E-state index < -0.39 is 5.41 Å². The van der Waals surface area contributed by atoms with E-state index in [2.05, 4.69) is 45.9 Å². The smallest absolute Gasteiger partial charge is 0.311 e. The van der Waals surface area contributed by atoms with Crippen molar-refractivity contribution in [2.45, 2.75) is 77.6 Å². The molecule has 5 aliphatic carbocycles. The number of benzene rings is 1. The van der Waals surface area contributed by atoms with Gasteiger partial charge in [-0.1, -0.05) is 38.8 Å². The van der Waals surface area contributed by atoms with Crippen LogP contribution in [0, 0.1) is 28.6 Å². The minimum absolute atomic E-state index is 0.0200. The monoisotopic (exact) mass is 452 g/mol. The number of fused-ring (bicyclic) bond motifs is 1. The van der Waals surface area contributed by atoms with Crippen molar-refractivity contribution < 1.29 is 19.0 Å². The fourth-order valence-corrected chi connectivity index (χ4v) is 9.00. The van der Waals surface area contributed by atoms with E-state index in [0.717, 1.165) is 43.6 Å². The molecule has 0 radical (unpaired) electrons. The van der Waals surface area contributed by atoms with Crippen LogP contribution in [0.15, 0.2) is 23.8 Å². The van der Waals surface area contributed by atoms with E-state index in [1.165, 1.54) is 17.5 Å². The van der Waals surface area contributed by atoms with Crippen molar-refractivity contribution in [3.63, 3.8) is 0 Å². The molecule has 0 heterocycles. The molecule has 0 saturated heterocycles. The molecular formula is C29H40O4. The molecule has 33 heavy (non-hydrogen) atoms.